The first-order valence-electron chi connectivity index (χ1n) is 6.02. The summed E-state index contributed by atoms with van der Waals surface area (Å²) >= 11 is 0. The SMILES string of the molecule is O=S1(=O)CCCC(Nc2ccc3cn[nH]c3c2)C1. The van der Waals surface area contributed by atoms with Gasteiger partial charge in [0.2, 0.25) is 0 Å². The molecule has 2 heterocycles. The summed E-state index contributed by atoms with van der Waals surface area (Å²) in [6, 6.07) is 5.91. The van der Waals surface area contributed by atoms with Crippen molar-refractivity contribution in [1.82, 2.24) is 10.2 Å². The molecule has 3 rings (SSSR count). The molecule has 1 aromatic carbocycles. The van der Waals surface area contributed by atoms with Crippen LogP contribution in [-0.2, 0) is 9.84 Å². The van der Waals surface area contributed by atoms with Crippen molar-refractivity contribution in [3.05, 3.63) is 24.4 Å². The second kappa shape index (κ2) is 4.28. The van der Waals surface area contributed by atoms with Gasteiger partial charge < -0.3 is 5.32 Å². The molecule has 96 valence electrons. The lowest BCUT2D eigenvalue weighted by Gasteiger charge is -2.24. The van der Waals surface area contributed by atoms with Crippen LogP contribution in [0, 0.1) is 0 Å². The standard InChI is InChI=1S/C12H15N3O2S/c16-18(17)5-1-2-11(8-18)14-10-4-3-9-7-13-15-12(9)6-10/h3-4,6-7,11,14H,1-2,5,8H2,(H,13,15). The Hall–Kier alpha value is -1.56. The lowest BCUT2D eigenvalue weighted by molar-refractivity contribution is 0.562. The Morgan fingerprint density at radius 1 is 1.39 bits per heavy atom. The number of anilines is 1. The number of aromatic nitrogens is 2. The van der Waals surface area contributed by atoms with Gasteiger partial charge in [-0.15, -0.1) is 0 Å². The number of rotatable bonds is 2. The van der Waals surface area contributed by atoms with Crippen molar-refractivity contribution in [3.8, 4) is 0 Å². The molecular formula is C12H15N3O2S. The number of benzene rings is 1. The highest BCUT2D eigenvalue weighted by Gasteiger charge is 2.24. The third-order valence-electron chi connectivity index (χ3n) is 3.28. The van der Waals surface area contributed by atoms with E-state index in [2.05, 4.69) is 15.5 Å². The van der Waals surface area contributed by atoms with Gasteiger partial charge in [0, 0.05) is 17.1 Å². The molecule has 0 aliphatic carbocycles. The zero-order valence-electron chi connectivity index (χ0n) is 9.89. The van der Waals surface area contributed by atoms with Crippen molar-refractivity contribution < 1.29 is 8.42 Å². The van der Waals surface area contributed by atoms with Gasteiger partial charge in [-0.3, -0.25) is 5.10 Å². The van der Waals surface area contributed by atoms with E-state index >= 15 is 0 Å². The number of H-pyrrole nitrogens is 1. The van der Waals surface area contributed by atoms with Crippen LogP contribution in [0.4, 0.5) is 5.69 Å². The number of nitrogens with zero attached hydrogens (tertiary/aromatic N) is 1. The van der Waals surface area contributed by atoms with E-state index in [9.17, 15) is 8.42 Å². The normalized spacial score (nSPS) is 23.0. The van der Waals surface area contributed by atoms with Crippen LogP contribution < -0.4 is 5.32 Å². The molecule has 1 saturated heterocycles. The minimum atomic E-state index is -2.87. The van der Waals surface area contributed by atoms with Gasteiger partial charge in [-0.25, -0.2) is 8.42 Å². The molecule has 1 unspecified atom stereocenters. The quantitative estimate of drug-likeness (QED) is 0.864. The summed E-state index contributed by atoms with van der Waals surface area (Å²) in [5.41, 5.74) is 1.90. The third-order valence-corrected chi connectivity index (χ3v) is 5.10. The molecule has 5 nitrogen and oxygen atoms in total. The minimum absolute atomic E-state index is 0.0177. The van der Waals surface area contributed by atoms with Crippen LogP contribution in [0.25, 0.3) is 10.9 Å². The maximum absolute atomic E-state index is 11.6. The highest BCUT2D eigenvalue weighted by molar-refractivity contribution is 7.91. The van der Waals surface area contributed by atoms with Crippen LogP contribution >= 0.6 is 0 Å². The van der Waals surface area contributed by atoms with Crippen LogP contribution in [0.2, 0.25) is 0 Å². The van der Waals surface area contributed by atoms with Gasteiger partial charge in [0.1, 0.15) is 0 Å². The molecule has 2 N–H and O–H groups in total. The Morgan fingerprint density at radius 3 is 3.11 bits per heavy atom. The largest absolute Gasteiger partial charge is 0.381 e. The predicted octanol–water partition coefficient (Wildman–Crippen LogP) is 1.55. The van der Waals surface area contributed by atoms with Crippen LogP contribution in [0.3, 0.4) is 0 Å². The molecule has 6 heteroatoms. The van der Waals surface area contributed by atoms with Crippen LogP contribution in [0.15, 0.2) is 24.4 Å². The smallest absolute Gasteiger partial charge is 0.152 e. The van der Waals surface area contributed by atoms with E-state index in [4.69, 9.17) is 0 Å². The van der Waals surface area contributed by atoms with Crippen molar-refractivity contribution in [1.29, 1.82) is 0 Å². The molecule has 1 aliphatic rings. The van der Waals surface area contributed by atoms with Gasteiger partial charge in [-0.2, -0.15) is 5.10 Å². The molecule has 0 bridgehead atoms. The average molecular weight is 265 g/mol. The van der Waals surface area contributed by atoms with Crippen molar-refractivity contribution in [3.63, 3.8) is 0 Å². The molecular weight excluding hydrogens is 250 g/mol. The van der Waals surface area contributed by atoms with E-state index in [0.29, 0.717) is 5.75 Å². The van der Waals surface area contributed by atoms with E-state index in [1.165, 1.54) is 0 Å². The van der Waals surface area contributed by atoms with Gasteiger partial charge in [0.05, 0.1) is 23.2 Å². The van der Waals surface area contributed by atoms with E-state index in [1.807, 2.05) is 18.2 Å². The molecule has 0 spiro atoms. The zero-order chi connectivity index (χ0) is 12.6. The zero-order valence-corrected chi connectivity index (χ0v) is 10.7. The summed E-state index contributed by atoms with van der Waals surface area (Å²) in [4.78, 5) is 0. The predicted molar refractivity (Wildman–Crippen MR) is 71.4 cm³/mol. The van der Waals surface area contributed by atoms with E-state index in [0.717, 1.165) is 29.4 Å². The minimum Gasteiger partial charge on any atom is -0.381 e. The Bertz CT molecular complexity index is 663. The average Bonchev–Trinajstić information content (AvgIpc) is 2.74. The van der Waals surface area contributed by atoms with Gasteiger partial charge in [0.15, 0.2) is 9.84 Å². The van der Waals surface area contributed by atoms with Crippen molar-refractivity contribution in [2.45, 2.75) is 18.9 Å². The van der Waals surface area contributed by atoms with Crippen molar-refractivity contribution >= 4 is 26.4 Å². The maximum Gasteiger partial charge on any atom is 0.152 e. The highest BCUT2D eigenvalue weighted by Crippen LogP contribution is 2.20. The molecule has 0 radical (unpaired) electrons. The molecule has 1 aromatic heterocycles. The summed E-state index contributed by atoms with van der Waals surface area (Å²) in [7, 11) is -2.87. The fraction of sp³-hybridized carbons (Fsp3) is 0.417. The maximum atomic E-state index is 11.6. The van der Waals surface area contributed by atoms with E-state index in [1.54, 1.807) is 6.20 Å². The van der Waals surface area contributed by atoms with Gasteiger partial charge in [-0.05, 0) is 31.0 Å². The first-order valence-corrected chi connectivity index (χ1v) is 7.85. The number of nitrogens with one attached hydrogen (secondary N) is 2. The summed E-state index contributed by atoms with van der Waals surface area (Å²) in [5.74, 6) is 0.554. The molecule has 0 saturated carbocycles. The molecule has 0 amide bonds. The topological polar surface area (TPSA) is 74.8 Å². The van der Waals surface area contributed by atoms with Gasteiger partial charge in [-0.1, -0.05) is 0 Å². The molecule has 1 atom stereocenters. The number of sulfone groups is 1. The Labute approximate surface area is 106 Å². The second-order valence-corrected chi connectivity index (χ2v) is 7.00. The highest BCUT2D eigenvalue weighted by atomic mass is 32.2. The number of hydrogen-bond donors (Lipinski definition) is 2. The van der Waals surface area contributed by atoms with Crippen LogP contribution in [0.5, 0.6) is 0 Å². The number of fused-ring (bicyclic) bond motifs is 1. The number of aromatic amines is 1. The van der Waals surface area contributed by atoms with Gasteiger partial charge >= 0.3 is 0 Å². The fourth-order valence-corrected chi connectivity index (χ4v) is 4.04. The summed E-state index contributed by atoms with van der Waals surface area (Å²) in [6.45, 7) is 0. The monoisotopic (exact) mass is 265 g/mol. The Kier molecular flexibility index (Phi) is 2.74. The molecule has 1 fully saturated rings. The number of hydrogen-bond acceptors (Lipinski definition) is 4. The van der Waals surface area contributed by atoms with Crippen LogP contribution in [-0.4, -0.2) is 36.2 Å². The molecule has 1 aliphatic heterocycles. The molecule has 2 aromatic rings. The van der Waals surface area contributed by atoms with Gasteiger partial charge in [0.25, 0.3) is 0 Å². The first kappa shape index (κ1) is 11.5. The van der Waals surface area contributed by atoms with E-state index in [-0.39, 0.29) is 11.8 Å². The third kappa shape index (κ3) is 2.33. The Morgan fingerprint density at radius 2 is 2.28 bits per heavy atom. The second-order valence-electron chi connectivity index (χ2n) is 4.77. The van der Waals surface area contributed by atoms with Crippen LogP contribution in [0.1, 0.15) is 12.8 Å². The molecule has 18 heavy (non-hydrogen) atoms. The lowest BCUT2D eigenvalue weighted by atomic mass is 10.1. The summed E-state index contributed by atoms with van der Waals surface area (Å²) in [6.07, 6.45) is 3.41. The fourth-order valence-electron chi connectivity index (χ4n) is 2.40. The van der Waals surface area contributed by atoms with Crippen molar-refractivity contribution in [2.24, 2.45) is 0 Å². The Balaban J connectivity index is 1.79. The first-order chi connectivity index (χ1) is 8.62. The van der Waals surface area contributed by atoms with Crippen molar-refractivity contribution in [2.75, 3.05) is 16.8 Å². The summed E-state index contributed by atoms with van der Waals surface area (Å²) < 4.78 is 23.1. The lowest BCUT2D eigenvalue weighted by Crippen LogP contribution is -2.34. The van der Waals surface area contributed by atoms with E-state index < -0.39 is 9.84 Å². The summed E-state index contributed by atoms with van der Waals surface area (Å²) in [5, 5.41) is 11.2.